The Morgan fingerprint density at radius 1 is 0.867 bits per heavy atom. The largest absolute Gasteiger partial charge is 0.507 e. The van der Waals surface area contributed by atoms with Crippen LogP contribution in [-0.2, 0) is 12.7 Å². The van der Waals surface area contributed by atoms with Gasteiger partial charge >= 0.3 is 6.18 Å². The molecule has 0 radical (unpaired) electrons. The Bertz CT molecular complexity index is 1040. The third-order valence-electron chi connectivity index (χ3n) is 4.69. The molecule has 158 valence electrons. The summed E-state index contributed by atoms with van der Waals surface area (Å²) in [6, 6.07) is 16.5. The first-order valence-corrected chi connectivity index (χ1v) is 9.87. The highest BCUT2D eigenvalue weighted by Gasteiger charge is 2.33. The molecule has 0 bridgehead atoms. The molecule has 3 aromatic rings. The lowest BCUT2D eigenvalue weighted by molar-refractivity contribution is -0.137. The number of benzene rings is 3. The molecule has 0 unspecified atom stereocenters. The van der Waals surface area contributed by atoms with Crippen molar-refractivity contribution in [3.05, 3.63) is 76.8 Å². The minimum atomic E-state index is -4.55. The van der Waals surface area contributed by atoms with E-state index >= 15 is 0 Å². The third-order valence-corrected chi connectivity index (χ3v) is 5.02. The fraction of sp³-hybridized carbons (Fsp3) is 0.250. The fourth-order valence-electron chi connectivity index (χ4n) is 3.12. The van der Waals surface area contributed by atoms with Gasteiger partial charge in [-0.1, -0.05) is 48.0 Å². The number of hydrogen-bond donors (Lipinski definition) is 2. The number of rotatable bonds is 4. The smallest absolute Gasteiger partial charge is 0.417 e. The molecule has 30 heavy (non-hydrogen) atoms. The average Bonchev–Trinajstić information content (AvgIpc) is 2.67. The highest BCUT2D eigenvalue weighted by Crippen LogP contribution is 2.40. The average molecular weight is 434 g/mol. The molecule has 0 heterocycles. The van der Waals surface area contributed by atoms with E-state index in [2.05, 4.69) is 5.32 Å². The molecule has 0 spiro atoms. The van der Waals surface area contributed by atoms with Gasteiger partial charge in [0.05, 0.1) is 10.6 Å². The minimum Gasteiger partial charge on any atom is -0.507 e. The molecule has 0 saturated heterocycles. The lowest BCUT2D eigenvalue weighted by Gasteiger charge is -2.22. The van der Waals surface area contributed by atoms with Gasteiger partial charge in [0.1, 0.15) is 5.75 Å². The van der Waals surface area contributed by atoms with Gasteiger partial charge in [-0.25, -0.2) is 0 Å². The minimum absolute atomic E-state index is 0.103. The number of phenols is 1. The Hall–Kier alpha value is -2.50. The van der Waals surface area contributed by atoms with Crippen molar-refractivity contribution in [2.45, 2.75) is 39.0 Å². The first kappa shape index (κ1) is 22.2. The van der Waals surface area contributed by atoms with E-state index < -0.39 is 11.7 Å². The van der Waals surface area contributed by atoms with E-state index in [1.807, 2.05) is 51.1 Å². The van der Waals surface area contributed by atoms with Gasteiger partial charge in [0, 0.05) is 23.2 Å². The van der Waals surface area contributed by atoms with Crippen molar-refractivity contribution in [1.82, 2.24) is 5.32 Å². The Morgan fingerprint density at radius 3 is 2.13 bits per heavy atom. The first-order valence-electron chi connectivity index (χ1n) is 9.49. The molecule has 0 amide bonds. The molecule has 0 atom stereocenters. The second-order valence-corrected chi connectivity index (χ2v) is 8.60. The molecular weight excluding hydrogens is 411 g/mol. The van der Waals surface area contributed by atoms with Gasteiger partial charge in [-0.05, 0) is 61.7 Å². The van der Waals surface area contributed by atoms with Gasteiger partial charge in [-0.2, -0.15) is 13.2 Å². The lowest BCUT2D eigenvalue weighted by atomic mass is 9.93. The van der Waals surface area contributed by atoms with Crippen molar-refractivity contribution < 1.29 is 18.3 Å². The van der Waals surface area contributed by atoms with Crippen LogP contribution in [0.1, 0.15) is 31.9 Å². The quantitative estimate of drug-likeness (QED) is 0.453. The predicted octanol–water partition coefficient (Wildman–Crippen LogP) is 7.29. The van der Waals surface area contributed by atoms with Crippen LogP contribution >= 0.6 is 11.6 Å². The topological polar surface area (TPSA) is 32.3 Å². The van der Waals surface area contributed by atoms with Crippen molar-refractivity contribution in [2.75, 3.05) is 0 Å². The van der Waals surface area contributed by atoms with Crippen molar-refractivity contribution in [2.24, 2.45) is 0 Å². The number of nitrogens with one attached hydrogen (secondary N) is 1. The summed E-state index contributed by atoms with van der Waals surface area (Å²) in [5.74, 6) is 0.103. The summed E-state index contributed by atoms with van der Waals surface area (Å²) in [6.07, 6.45) is -4.55. The zero-order valence-corrected chi connectivity index (χ0v) is 17.7. The summed E-state index contributed by atoms with van der Waals surface area (Å²) in [7, 11) is 0. The molecular formula is C24H23ClF3NO. The molecule has 3 aromatic carbocycles. The van der Waals surface area contributed by atoms with E-state index in [9.17, 15) is 18.3 Å². The van der Waals surface area contributed by atoms with Crippen molar-refractivity contribution in [3.8, 4) is 28.0 Å². The van der Waals surface area contributed by atoms with Gasteiger partial charge in [0.25, 0.3) is 0 Å². The zero-order valence-electron chi connectivity index (χ0n) is 16.9. The monoisotopic (exact) mass is 433 g/mol. The van der Waals surface area contributed by atoms with E-state index in [-0.39, 0.29) is 16.3 Å². The number of alkyl halides is 3. The predicted molar refractivity (Wildman–Crippen MR) is 116 cm³/mol. The Morgan fingerprint density at radius 2 is 1.53 bits per heavy atom. The number of aromatic hydroxyl groups is 1. The van der Waals surface area contributed by atoms with E-state index in [0.29, 0.717) is 28.8 Å². The molecule has 0 aromatic heterocycles. The second kappa shape index (κ2) is 8.32. The van der Waals surface area contributed by atoms with Crippen LogP contribution in [-0.4, -0.2) is 10.6 Å². The summed E-state index contributed by atoms with van der Waals surface area (Å²) in [5.41, 5.74) is 1.80. The summed E-state index contributed by atoms with van der Waals surface area (Å²) in [5, 5.41) is 13.9. The van der Waals surface area contributed by atoms with Crippen molar-refractivity contribution >= 4 is 11.6 Å². The normalized spacial score (nSPS) is 12.2. The molecule has 0 saturated carbocycles. The summed E-state index contributed by atoms with van der Waals surface area (Å²) in [6.45, 7) is 6.37. The molecule has 3 rings (SSSR count). The SMILES string of the molecule is CC(C)(C)NCc1cc(-c2ccc(Cl)c(C(F)(F)F)c2)cc(-c2ccccc2)c1O. The standard InChI is InChI=1S/C24H23ClF3NO/c1-23(2,3)29-14-18-11-17(12-19(22(18)30)15-7-5-4-6-8-15)16-9-10-21(25)20(13-16)24(26,27)28/h4-13,29-30H,14H2,1-3H3. The van der Waals surface area contributed by atoms with Crippen molar-refractivity contribution in [3.63, 3.8) is 0 Å². The van der Waals surface area contributed by atoms with Crippen LogP contribution in [0.15, 0.2) is 60.7 Å². The van der Waals surface area contributed by atoms with Gasteiger partial charge in [-0.3, -0.25) is 0 Å². The van der Waals surface area contributed by atoms with Crippen LogP contribution in [0.2, 0.25) is 5.02 Å². The molecule has 0 aliphatic heterocycles. The molecule has 2 N–H and O–H groups in total. The highest BCUT2D eigenvalue weighted by atomic mass is 35.5. The van der Waals surface area contributed by atoms with Gasteiger partial charge in [0.2, 0.25) is 0 Å². The van der Waals surface area contributed by atoms with Crippen LogP contribution in [0.3, 0.4) is 0 Å². The maximum absolute atomic E-state index is 13.3. The van der Waals surface area contributed by atoms with Crippen LogP contribution in [0.4, 0.5) is 13.2 Å². The van der Waals surface area contributed by atoms with Gasteiger partial charge in [0.15, 0.2) is 0 Å². The number of phenolic OH excluding ortho intramolecular Hbond substituents is 1. The number of hydrogen-bond acceptors (Lipinski definition) is 2. The fourth-order valence-corrected chi connectivity index (χ4v) is 3.34. The zero-order chi connectivity index (χ0) is 22.1. The van der Waals surface area contributed by atoms with Crippen molar-refractivity contribution in [1.29, 1.82) is 0 Å². The molecule has 6 heteroatoms. The van der Waals surface area contributed by atoms with Crippen LogP contribution in [0.5, 0.6) is 5.75 Å². The maximum Gasteiger partial charge on any atom is 0.417 e. The van der Waals surface area contributed by atoms with E-state index in [0.717, 1.165) is 11.6 Å². The number of halogens is 4. The molecule has 0 aliphatic rings. The first-order chi connectivity index (χ1) is 14.0. The Labute approximate surface area is 179 Å². The van der Waals surface area contributed by atoms with E-state index in [1.165, 1.54) is 6.07 Å². The Kier molecular flexibility index (Phi) is 6.16. The van der Waals surface area contributed by atoms with Gasteiger partial charge < -0.3 is 10.4 Å². The van der Waals surface area contributed by atoms with Crippen LogP contribution in [0.25, 0.3) is 22.3 Å². The second-order valence-electron chi connectivity index (χ2n) is 8.19. The molecule has 0 aliphatic carbocycles. The molecule has 0 fully saturated rings. The summed E-state index contributed by atoms with van der Waals surface area (Å²) < 4.78 is 40.0. The van der Waals surface area contributed by atoms with Gasteiger partial charge in [-0.15, -0.1) is 0 Å². The summed E-state index contributed by atoms with van der Waals surface area (Å²) in [4.78, 5) is 0. The van der Waals surface area contributed by atoms with E-state index in [1.54, 1.807) is 18.2 Å². The Balaban J connectivity index is 2.17. The maximum atomic E-state index is 13.3. The van der Waals surface area contributed by atoms with Crippen LogP contribution < -0.4 is 5.32 Å². The summed E-state index contributed by atoms with van der Waals surface area (Å²) >= 11 is 5.78. The highest BCUT2D eigenvalue weighted by molar-refractivity contribution is 6.31. The van der Waals surface area contributed by atoms with Crippen LogP contribution in [0, 0.1) is 0 Å². The van der Waals surface area contributed by atoms with E-state index in [4.69, 9.17) is 11.6 Å². The molecule has 2 nitrogen and oxygen atoms in total. The third kappa shape index (κ3) is 5.15. The lowest BCUT2D eigenvalue weighted by Crippen LogP contribution is -2.35.